The van der Waals surface area contributed by atoms with E-state index in [0.717, 1.165) is 0 Å². The van der Waals surface area contributed by atoms with Gasteiger partial charge in [-0.15, -0.1) is 9.89 Å². The molecule has 0 aliphatic heterocycles. The van der Waals surface area contributed by atoms with E-state index in [4.69, 9.17) is 17.2 Å². The van der Waals surface area contributed by atoms with Crippen molar-refractivity contribution in [2.75, 3.05) is 17.2 Å². The van der Waals surface area contributed by atoms with Gasteiger partial charge in [-0.3, -0.25) is 9.78 Å². The molecule has 110 valence electrons. The fourth-order valence-corrected chi connectivity index (χ4v) is 2.04. The quantitative estimate of drug-likeness (QED) is 0.296. The third kappa shape index (κ3) is 1.49. The van der Waals surface area contributed by atoms with Crippen LogP contribution in [0.4, 0.5) is 17.7 Å². The zero-order chi connectivity index (χ0) is 15.4. The molecule has 4 aromatic rings. The van der Waals surface area contributed by atoms with E-state index in [2.05, 4.69) is 35.2 Å². The first-order chi connectivity index (χ1) is 10.5. The molecule has 0 saturated carbocycles. The minimum absolute atomic E-state index is 0.0195. The van der Waals surface area contributed by atoms with E-state index < -0.39 is 5.56 Å². The molecular weight excluding hydrogens is 292 g/mol. The number of imidazole rings is 1. The number of nitrogen functional groups attached to an aromatic ring is 3. The zero-order valence-electron chi connectivity index (χ0n) is 10.8. The molecule has 0 radical (unpaired) electrons. The van der Waals surface area contributed by atoms with Gasteiger partial charge in [0.1, 0.15) is 6.33 Å². The second kappa shape index (κ2) is 3.87. The SMILES string of the molecule is Nc1nc(N)c2ncn(-n3nnc4c(=O)[nH]c(N)nc43)c2n1. The van der Waals surface area contributed by atoms with Crippen LogP contribution in [0.25, 0.3) is 22.3 Å². The van der Waals surface area contributed by atoms with Crippen molar-refractivity contribution in [2.24, 2.45) is 0 Å². The third-order valence-corrected chi connectivity index (χ3v) is 2.94. The molecule has 0 atom stereocenters. The van der Waals surface area contributed by atoms with Crippen LogP contribution in [0.5, 0.6) is 0 Å². The van der Waals surface area contributed by atoms with Gasteiger partial charge in [0.15, 0.2) is 22.5 Å². The predicted octanol–water partition coefficient (Wildman–Crippen LogP) is -2.29. The van der Waals surface area contributed by atoms with Gasteiger partial charge in [-0.05, 0) is 5.21 Å². The van der Waals surface area contributed by atoms with Crippen molar-refractivity contribution in [1.29, 1.82) is 0 Å². The van der Waals surface area contributed by atoms with Crippen LogP contribution < -0.4 is 22.8 Å². The lowest BCUT2D eigenvalue weighted by Crippen LogP contribution is -2.15. The summed E-state index contributed by atoms with van der Waals surface area (Å²) in [6, 6.07) is 0. The van der Waals surface area contributed by atoms with E-state index in [1.54, 1.807) is 0 Å². The average molecular weight is 300 g/mol. The lowest BCUT2D eigenvalue weighted by molar-refractivity contribution is 0.575. The molecule has 0 saturated heterocycles. The highest BCUT2D eigenvalue weighted by Gasteiger charge is 2.17. The van der Waals surface area contributed by atoms with Crippen molar-refractivity contribution >= 4 is 40.0 Å². The summed E-state index contributed by atoms with van der Waals surface area (Å²) in [5, 5.41) is 7.62. The Morgan fingerprint density at radius 2 is 1.86 bits per heavy atom. The van der Waals surface area contributed by atoms with Crippen molar-refractivity contribution in [3.8, 4) is 0 Å². The molecule has 0 amide bonds. The number of nitrogens with two attached hydrogens (primary N) is 3. The van der Waals surface area contributed by atoms with Gasteiger partial charge in [0, 0.05) is 0 Å². The average Bonchev–Trinajstić information content (AvgIpc) is 3.02. The molecule has 13 nitrogen and oxygen atoms in total. The van der Waals surface area contributed by atoms with Crippen molar-refractivity contribution in [3.63, 3.8) is 0 Å². The first kappa shape index (κ1) is 12.0. The summed E-state index contributed by atoms with van der Waals surface area (Å²) in [6.07, 6.45) is 1.38. The Kier molecular flexibility index (Phi) is 2.11. The number of hydrogen-bond acceptors (Lipinski definition) is 10. The van der Waals surface area contributed by atoms with Crippen LogP contribution in [-0.2, 0) is 0 Å². The van der Waals surface area contributed by atoms with E-state index in [-0.39, 0.29) is 34.5 Å². The number of hydrogen-bond donors (Lipinski definition) is 4. The van der Waals surface area contributed by atoms with Gasteiger partial charge in [0.05, 0.1) is 0 Å². The molecule has 4 heterocycles. The number of aromatic amines is 1. The van der Waals surface area contributed by atoms with Gasteiger partial charge in [-0.2, -0.15) is 19.6 Å². The molecule has 7 N–H and O–H groups in total. The highest BCUT2D eigenvalue weighted by molar-refractivity contribution is 5.83. The molecule has 22 heavy (non-hydrogen) atoms. The van der Waals surface area contributed by atoms with Crippen molar-refractivity contribution in [2.45, 2.75) is 0 Å². The highest BCUT2D eigenvalue weighted by atomic mass is 16.1. The fraction of sp³-hybridized carbons (Fsp3) is 0. The van der Waals surface area contributed by atoms with Crippen LogP contribution in [0.1, 0.15) is 0 Å². The largest absolute Gasteiger partial charge is 0.382 e. The molecule has 0 aliphatic carbocycles. The van der Waals surface area contributed by atoms with Crippen LogP contribution >= 0.6 is 0 Å². The van der Waals surface area contributed by atoms with E-state index in [1.807, 2.05) is 0 Å². The summed E-state index contributed by atoms with van der Waals surface area (Å²) in [4.78, 5) is 31.3. The molecular formula is C9H8N12O. The van der Waals surface area contributed by atoms with Crippen molar-refractivity contribution < 1.29 is 0 Å². The zero-order valence-corrected chi connectivity index (χ0v) is 10.8. The van der Waals surface area contributed by atoms with Gasteiger partial charge < -0.3 is 17.2 Å². The maximum atomic E-state index is 11.8. The fourth-order valence-electron chi connectivity index (χ4n) is 2.04. The first-order valence-corrected chi connectivity index (χ1v) is 5.92. The maximum absolute atomic E-state index is 11.8. The summed E-state index contributed by atoms with van der Waals surface area (Å²) >= 11 is 0. The molecule has 0 aromatic carbocycles. The third-order valence-electron chi connectivity index (χ3n) is 2.94. The van der Waals surface area contributed by atoms with Gasteiger partial charge in [0.25, 0.3) is 5.56 Å². The highest BCUT2D eigenvalue weighted by Crippen LogP contribution is 2.17. The number of rotatable bonds is 1. The normalized spacial score (nSPS) is 11.5. The molecule has 0 spiro atoms. The Bertz CT molecular complexity index is 1090. The smallest absolute Gasteiger partial charge is 0.282 e. The second-order valence-electron chi connectivity index (χ2n) is 4.33. The Balaban J connectivity index is 2.10. The van der Waals surface area contributed by atoms with Gasteiger partial charge >= 0.3 is 0 Å². The first-order valence-electron chi connectivity index (χ1n) is 5.92. The van der Waals surface area contributed by atoms with E-state index in [0.29, 0.717) is 5.52 Å². The standard InChI is InChI=1S/C9H8N12O/c10-4-2-5(15-8(11)14-4)20(1-13-2)21-6-3(18-19-21)7(22)17-9(12)16-6/h1H,(H4,10,11,14,15)(H3,12,16,17,22). The number of nitrogens with one attached hydrogen (secondary N) is 1. The maximum Gasteiger partial charge on any atom is 0.282 e. The number of anilines is 3. The number of aromatic nitrogens is 9. The van der Waals surface area contributed by atoms with E-state index >= 15 is 0 Å². The number of H-pyrrole nitrogens is 1. The van der Waals surface area contributed by atoms with Crippen LogP contribution in [0, 0.1) is 0 Å². The van der Waals surface area contributed by atoms with Crippen molar-refractivity contribution in [1.82, 2.24) is 44.7 Å². The summed E-state index contributed by atoms with van der Waals surface area (Å²) in [5.74, 6) is 0.0246. The minimum atomic E-state index is -0.508. The Morgan fingerprint density at radius 1 is 1.05 bits per heavy atom. The molecule has 4 rings (SSSR count). The Morgan fingerprint density at radius 3 is 2.68 bits per heavy atom. The molecule has 0 bridgehead atoms. The van der Waals surface area contributed by atoms with Crippen LogP contribution in [0.3, 0.4) is 0 Å². The molecule has 4 aromatic heterocycles. The Labute approximate surface area is 119 Å². The van der Waals surface area contributed by atoms with E-state index in [1.165, 1.54) is 15.8 Å². The topological polar surface area (TPSA) is 198 Å². The van der Waals surface area contributed by atoms with Crippen molar-refractivity contribution in [3.05, 3.63) is 16.7 Å². The van der Waals surface area contributed by atoms with Gasteiger partial charge in [0.2, 0.25) is 17.5 Å². The summed E-state index contributed by atoms with van der Waals surface area (Å²) in [6.45, 7) is 0. The Hall–Kier alpha value is -3.77. The molecule has 0 aliphatic rings. The number of fused-ring (bicyclic) bond motifs is 2. The summed E-state index contributed by atoms with van der Waals surface area (Å²) < 4.78 is 1.38. The second-order valence-corrected chi connectivity index (χ2v) is 4.33. The lowest BCUT2D eigenvalue weighted by Gasteiger charge is -2.03. The number of nitrogens with zero attached hydrogens (tertiary/aromatic N) is 8. The predicted molar refractivity (Wildman–Crippen MR) is 75.3 cm³/mol. The van der Waals surface area contributed by atoms with Crippen LogP contribution in [0.2, 0.25) is 0 Å². The van der Waals surface area contributed by atoms with Gasteiger partial charge in [-0.25, -0.2) is 4.98 Å². The molecule has 0 unspecified atom stereocenters. The summed E-state index contributed by atoms with van der Waals surface area (Å²) in [7, 11) is 0. The minimum Gasteiger partial charge on any atom is -0.382 e. The van der Waals surface area contributed by atoms with Gasteiger partial charge in [-0.1, -0.05) is 0 Å². The van der Waals surface area contributed by atoms with Crippen LogP contribution in [-0.4, -0.2) is 44.7 Å². The molecule has 0 fully saturated rings. The lowest BCUT2D eigenvalue weighted by atomic mass is 10.5. The monoisotopic (exact) mass is 300 g/mol. The summed E-state index contributed by atoms with van der Waals surface area (Å²) in [5.41, 5.74) is 17.1. The van der Waals surface area contributed by atoms with Crippen LogP contribution in [0.15, 0.2) is 11.1 Å². The molecule has 13 heteroatoms. The van der Waals surface area contributed by atoms with E-state index in [9.17, 15) is 4.79 Å².